The molecular formula is C31H30ClF3N2O3S. The minimum Gasteiger partial charge on any atom is -0.496 e. The van der Waals surface area contributed by atoms with Crippen molar-refractivity contribution in [1.82, 2.24) is 10.2 Å². The van der Waals surface area contributed by atoms with E-state index in [2.05, 4.69) is 10.1 Å². The van der Waals surface area contributed by atoms with Crippen LogP contribution in [0, 0.1) is 0 Å². The lowest BCUT2D eigenvalue weighted by atomic mass is 9.89. The Kier molecular flexibility index (Phi) is 8.77. The van der Waals surface area contributed by atoms with Gasteiger partial charge in [0.2, 0.25) is 0 Å². The van der Waals surface area contributed by atoms with Crippen LogP contribution in [-0.4, -0.2) is 43.4 Å². The number of benzene rings is 3. The predicted octanol–water partition coefficient (Wildman–Crippen LogP) is 8.30. The molecule has 41 heavy (non-hydrogen) atoms. The number of carbonyl (C=O) groups excluding carboxylic acids is 1. The Morgan fingerprint density at radius 3 is 2.34 bits per heavy atom. The maximum absolute atomic E-state index is 14.2. The molecule has 1 N–H and O–H groups in total. The summed E-state index contributed by atoms with van der Waals surface area (Å²) in [7, 11) is 3.54. The number of halogens is 4. The second-order valence-corrected chi connectivity index (χ2v) is 11.5. The van der Waals surface area contributed by atoms with Crippen LogP contribution in [-0.2, 0) is 6.54 Å². The van der Waals surface area contributed by atoms with Gasteiger partial charge in [-0.1, -0.05) is 48.0 Å². The highest BCUT2D eigenvalue weighted by molar-refractivity contribution is 7.21. The molecule has 0 spiro atoms. The highest BCUT2D eigenvalue weighted by Gasteiger charge is 2.33. The number of nitrogens with zero attached hydrogens (tertiary/aromatic N) is 1. The first kappa shape index (κ1) is 29.2. The van der Waals surface area contributed by atoms with Gasteiger partial charge in [0.25, 0.3) is 5.91 Å². The van der Waals surface area contributed by atoms with Crippen LogP contribution >= 0.6 is 22.9 Å². The highest BCUT2D eigenvalue weighted by Crippen LogP contribution is 2.38. The van der Waals surface area contributed by atoms with E-state index in [1.807, 2.05) is 54.4 Å². The van der Waals surface area contributed by atoms with Gasteiger partial charge < -0.3 is 19.7 Å². The van der Waals surface area contributed by atoms with Crippen molar-refractivity contribution in [2.24, 2.45) is 0 Å². The Balaban J connectivity index is 1.48. The quantitative estimate of drug-likeness (QED) is 0.220. The van der Waals surface area contributed by atoms with Gasteiger partial charge in [0.15, 0.2) is 0 Å². The van der Waals surface area contributed by atoms with E-state index in [1.54, 1.807) is 19.2 Å². The number of hydrogen-bond acceptors (Lipinski definition) is 5. The largest absolute Gasteiger partial charge is 0.573 e. The Morgan fingerprint density at radius 1 is 1.02 bits per heavy atom. The Labute approximate surface area is 245 Å². The molecule has 3 aromatic carbocycles. The number of carbonyl (C=O) groups is 1. The second-order valence-electron chi connectivity index (χ2n) is 10.1. The normalized spacial score (nSPS) is 17.4. The molecule has 1 amide bonds. The van der Waals surface area contributed by atoms with Crippen LogP contribution in [0.15, 0.2) is 66.7 Å². The molecule has 0 saturated heterocycles. The van der Waals surface area contributed by atoms with Crippen molar-refractivity contribution in [3.8, 4) is 22.6 Å². The number of hydrogen-bond donors (Lipinski definition) is 1. The van der Waals surface area contributed by atoms with Gasteiger partial charge in [0, 0.05) is 34.3 Å². The number of amides is 1. The molecule has 0 radical (unpaired) electrons. The number of nitrogens with one attached hydrogen (secondary N) is 1. The third-order valence-electron chi connectivity index (χ3n) is 7.58. The summed E-state index contributed by atoms with van der Waals surface area (Å²) in [6, 6.07) is 19.4. The monoisotopic (exact) mass is 602 g/mol. The average Bonchev–Trinajstić information content (AvgIpc) is 3.31. The summed E-state index contributed by atoms with van der Waals surface area (Å²) in [6.45, 7) is 0.296. The SMILES string of the molecule is CN[C@H]1CC[C@@H](N(Cc2cc(-c3ccc(OC(F)(F)F)cc3)ccc2OC)C(=O)c2sc3ccccc3c2Cl)CC1. The van der Waals surface area contributed by atoms with Crippen molar-refractivity contribution in [2.45, 2.75) is 50.7 Å². The van der Waals surface area contributed by atoms with E-state index < -0.39 is 6.36 Å². The number of fused-ring (bicyclic) bond motifs is 1. The third-order valence-corrected chi connectivity index (χ3v) is 9.24. The van der Waals surface area contributed by atoms with Crippen LogP contribution in [0.2, 0.25) is 5.02 Å². The van der Waals surface area contributed by atoms with Crippen molar-refractivity contribution >= 4 is 38.9 Å². The van der Waals surface area contributed by atoms with Crippen LogP contribution in [0.5, 0.6) is 11.5 Å². The van der Waals surface area contributed by atoms with Crippen molar-refractivity contribution in [2.75, 3.05) is 14.2 Å². The number of thiophene rings is 1. The smallest absolute Gasteiger partial charge is 0.496 e. The molecule has 1 saturated carbocycles. The number of ether oxygens (including phenoxy) is 2. The molecule has 5 rings (SSSR count). The zero-order chi connectivity index (χ0) is 29.1. The maximum Gasteiger partial charge on any atom is 0.573 e. The lowest BCUT2D eigenvalue weighted by Gasteiger charge is -2.37. The van der Waals surface area contributed by atoms with Crippen LogP contribution in [0.3, 0.4) is 0 Å². The zero-order valence-corrected chi connectivity index (χ0v) is 24.2. The molecule has 0 aliphatic heterocycles. The first-order chi connectivity index (χ1) is 19.7. The lowest BCUT2D eigenvalue weighted by molar-refractivity contribution is -0.274. The summed E-state index contributed by atoms with van der Waals surface area (Å²) < 4.78 is 48.5. The fourth-order valence-corrected chi connectivity index (χ4v) is 6.91. The van der Waals surface area contributed by atoms with Crippen LogP contribution in [0.25, 0.3) is 21.2 Å². The van der Waals surface area contributed by atoms with Crippen molar-refractivity contribution in [3.63, 3.8) is 0 Å². The van der Waals surface area contributed by atoms with Crippen molar-refractivity contribution in [1.29, 1.82) is 0 Å². The van der Waals surface area contributed by atoms with Gasteiger partial charge in [-0.2, -0.15) is 0 Å². The molecular weight excluding hydrogens is 573 g/mol. The molecule has 5 nitrogen and oxygen atoms in total. The van der Waals surface area contributed by atoms with Gasteiger partial charge >= 0.3 is 6.36 Å². The van der Waals surface area contributed by atoms with Gasteiger partial charge in [-0.05, 0) is 74.2 Å². The topological polar surface area (TPSA) is 50.8 Å². The number of rotatable bonds is 8. The first-order valence-electron chi connectivity index (χ1n) is 13.3. The zero-order valence-electron chi connectivity index (χ0n) is 22.6. The third kappa shape index (κ3) is 6.63. The standard InChI is InChI=1S/C31H30ClF3N2O3S/c1-36-22-10-12-23(13-11-22)37(30(38)29-28(32)25-5-3-4-6-27(25)41-29)18-21-17-20(9-16-26(21)39-2)19-7-14-24(15-8-19)40-31(33,34)35/h3-9,14-17,22-23,36H,10-13,18H2,1-2H3/t22-,23+. The average molecular weight is 603 g/mol. The second kappa shape index (κ2) is 12.3. The van der Waals surface area contributed by atoms with E-state index in [1.165, 1.54) is 23.5 Å². The van der Waals surface area contributed by atoms with E-state index in [0.717, 1.165) is 46.9 Å². The molecule has 1 fully saturated rings. The molecule has 1 aliphatic rings. The summed E-state index contributed by atoms with van der Waals surface area (Å²) >= 11 is 8.14. The first-order valence-corrected chi connectivity index (χ1v) is 14.5. The summed E-state index contributed by atoms with van der Waals surface area (Å²) in [6.07, 6.45) is -1.15. The van der Waals surface area contributed by atoms with Crippen molar-refractivity contribution in [3.05, 3.63) is 82.2 Å². The molecule has 1 aromatic heterocycles. The summed E-state index contributed by atoms with van der Waals surface area (Å²) in [5, 5.41) is 4.67. The van der Waals surface area contributed by atoms with Crippen LogP contribution < -0.4 is 14.8 Å². The molecule has 0 atom stereocenters. The number of methoxy groups -OCH3 is 1. The molecule has 10 heteroatoms. The molecule has 0 unspecified atom stereocenters. The Morgan fingerprint density at radius 2 is 1.71 bits per heavy atom. The fourth-order valence-electron chi connectivity index (χ4n) is 5.44. The van der Waals surface area contributed by atoms with Crippen molar-refractivity contribution < 1.29 is 27.4 Å². The molecule has 1 heterocycles. The fraction of sp³-hybridized carbons (Fsp3) is 0.323. The van der Waals surface area contributed by atoms with Gasteiger partial charge in [0.1, 0.15) is 16.4 Å². The maximum atomic E-state index is 14.2. The minimum atomic E-state index is -4.76. The summed E-state index contributed by atoms with van der Waals surface area (Å²) in [5.74, 6) is 0.212. The Bertz CT molecular complexity index is 1520. The molecule has 216 valence electrons. The van der Waals surface area contributed by atoms with E-state index in [-0.39, 0.29) is 17.7 Å². The molecule has 4 aromatic rings. The predicted molar refractivity (Wildman–Crippen MR) is 157 cm³/mol. The molecule has 0 bridgehead atoms. The van der Waals surface area contributed by atoms with Gasteiger partial charge in [-0.15, -0.1) is 24.5 Å². The van der Waals surface area contributed by atoms with E-state index in [9.17, 15) is 18.0 Å². The molecule has 1 aliphatic carbocycles. The van der Waals surface area contributed by atoms with Crippen LogP contribution in [0.1, 0.15) is 40.9 Å². The van der Waals surface area contributed by atoms with Gasteiger partial charge in [-0.3, -0.25) is 4.79 Å². The summed E-state index contributed by atoms with van der Waals surface area (Å²) in [5.41, 5.74) is 2.29. The number of alkyl halides is 3. The summed E-state index contributed by atoms with van der Waals surface area (Å²) in [4.78, 5) is 16.6. The van der Waals surface area contributed by atoms with Crippen LogP contribution in [0.4, 0.5) is 13.2 Å². The minimum absolute atomic E-state index is 0.0144. The van der Waals surface area contributed by atoms with Gasteiger partial charge in [-0.25, -0.2) is 0 Å². The van der Waals surface area contributed by atoms with E-state index >= 15 is 0 Å². The lowest BCUT2D eigenvalue weighted by Crippen LogP contribution is -2.44. The van der Waals surface area contributed by atoms with Gasteiger partial charge in [0.05, 0.1) is 12.1 Å². The Hall–Kier alpha value is -3.27. The van der Waals surface area contributed by atoms with E-state index in [0.29, 0.717) is 33.8 Å². The van der Waals surface area contributed by atoms with E-state index in [4.69, 9.17) is 16.3 Å². The highest BCUT2D eigenvalue weighted by atomic mass is 35.5.